The Bertz CT molecular complexity index is 629. The van der Waals surface area contributed by atoms with Gasteiger partial charge >= 0.3 is 0 Å². The highest BCUT2D eigenvalue weighted by atomic mass is 32.2. The van der Waals surface area contributed by atoms with Gasteiger partial charge in [0.2, 0.25) is 17.7 Å². The van der Waals surface area contributed by atoms with Gasteiger partial charge in [-0.15, -0.1) is 11.8 Å². The molecule has 1 aromatic carbocycles. The SMILES string of the molecule is CSc1ccc(CN(C(=O)[C@H](CCC(N)=O)NC(C)=O)C2CC2)cc1. The fraction of sp³-hybridized carbons (Fsp3) is 0.500. The maximum Gasteiger partial charge on any atom is 0.245 e. The van der Waals surface area contributed by atoms with E-state index in [-0.39, 0.29) is 30.7 Å². The van der Waals surface area contributed by atoms with Crippen molar-refractivity contribution in [1.82, 2.24) is 10.2 Å². The minimum Gasteiger partial charge on any atom is -0.370 e. The van der Waals surface area contributed by atoms with E-state index >= 15 is 0 Å². The number of nitrogens with two attached hydrogens (primary N) is 1. The molecule has 7 heteroatoms. The van der Waals surface area contributed by atoms with Gasteiger partial charge < -0.3 is 16.0 Å². The molecule has 1 aliphatic carbocycles. The van der Waals surface area contributed by atoms with Crippen molar-refractivity contribution in [2.45, 2.75) is 56.1 Å². The van der Waals surface area contributed by atoms with Crippen LogP contribution in [0.2, 0.25) is 0 Å². The Morgan fingerprint density at radius 2 is 1.92 bits per heavy atom. The summed E-state index contributed by atoms with van der Waals surface area (Å²) < 4.78 is 0. The normalized spacial score (nSPS) is 14.6. The lowest BCUT2D eigenvalue weighted by molar-refractivity contribution is -0.137. The lowest BCUT2D eigenvalue weighted by Crippen LogP contribution is -2.49. The fourth-order valence-electron chi connectivity index (χ4n) is 2.69. The Hall–Kier alpha value is -2.02. The van der Waals surface area contributed by atoms with Gasteiger partial charge in [0.15, 0.2) is 0 Å². The third kappa shape index (κ3) is 6.08. The molecular formula is C18H25N3O3S. The molecule has 0 bridgehead atoms. The molecule has 1 atom stereocenters. The molecule has 1 aromatic rings. The van der Waals surface area contributed by atoms with E-state index < -0.39 is 11.9 Å². The summed E-state index contributed by atoms with van der Waals surface area (Å²) in [5, 5.41) is 2.66. The second kappa shape index (κ2) is 8.89. The monoisotopic (exact) mass is 363 g/mol. The summed E-state index contributed by atoms with van der Waals surface area (Å²) in [6.45, 7) is 1.87. The standard InChI is InChI=1S/C18H25N3O3S/c1-12(22)20-16(9-10-17(19)23)18(24)21(14-5-6-14)11-13-3-7-15(25-2)8-4-13/h3-4,7-8,14,16H,5-6,9-11H2,1-2H3,(H2,19,23)(H,20,22)/t16-/m0/s1. The molecule has 2 rings (SSSR count). The number of hydrogen-bond acceptors (Lipinski definition) is 4. The van der Waals surface area contributed by atoms with Gasteiger partial charge in [-0.3, -0.25) is 14.4 Å². The van der Waals surface area contributed by atoms with E-state index in [1.165, 1.54) is 11.8 Å². The average molecular weight is 363 g/mol. The molecule has 1 fully saturated rings. The first kappa shape index (κ1) is 19.3. The number of nitrogens with zero attached hydrogens (tertiary/aromatic N) is 1. The van der Waals surface area contributed by atoms with Crippen molar-refractivity contribution in [1.29, 1.82) is 0 Å². The lowest BCUT2D eigenvalue weighted by atomic mass is 10.1. The van der Waals surface area contributed by atoms with Crippen molar-refractivity contribution in [3.63, 3.8) is 0 Å². The van der Waals surface area contributed by atoms with Crippen LogP contribution in [0.15, 0.2) is 29.2 Å². The Labute approximate surface area is 152 Å². The highest BCUT2D eigenvalue weighted by Gasteiger charge is 2.36. The molecule has 136 valence electrons. The second-order valence-corrected chi connectivity index (χ2v) is 7.18. The van der Waals surface area contributed by atoms with Crippen molar-refractivity contribution in [3.05, 3.63) is 29.8 Å². The Morgan fingerprint density at radius 1 is 1.28 bits per heavy atom. The molecule has 1 saturated carbocycles. The van der Waals surface area contributed by atoms with E-state index in [1.807, 2.05) is 35.4 Å². The van der Waals surface area contributed by atoms with E-state index in [0.717, 1.165) is 18.4 Å². The first-order valence-corrected chi connectivity index (χ1v) is 9.62. The number of carbonyl (C=O) groups excluding carboxylic acids is 3. The molecule has 0 heterocycles. The maximum atomic E-state index is 13.0. The van der Waals surface area contributed by atoms with Crippen LogP contribution in [0, 0.1) is 0 Å². The van der Waals surface area contributed by atoms with E-state index in [2.05, 4.69) is 5.32 Å². The van der Waals surface area contributed by atoms with Gasteiger partial charge in [-0.1, -0.05) is 12.1 Å². The second-order valence-electron chi connectivity index (χ2n) is 6.30. The van der Waals surface area contributed by atoms with E-state index in [4.69, 9.17) is 5.73 Å². The molecule has 25 heavy (non-hydrogen) atoms. The third-order valence-corrected chi connectivity index (χ3v) is 4.88. The van der Waals surface area contributed by atoms with Crippen LogP contribution in [-0.2, 0) is 20.9 Å². The predicted octanol–water partition coefficient (Wildman–Crippen LogP) is 1.67. The average Bonchev–Trinajstić information content (AvgIpc) is 3.40. The van der Waals surface area contributed by atoms with Gasteiger partial charge in [0.1, 0.15) is 6.04 Å². The first-order valence-electron chi connectivity index (χ1n) is 8.39. The molecule has 6 nitrogen and oxygen atoms in total. The molecule has 3 N–H and O–H groups in total. The van der Waals surface area contributed by atoms with Gasteiger partial charge in [0.05, 0.1) is 0 Å². The highest BCUT2D eigenvalue weighted by molar-refractivity contribution is 7.98. The third-order valence-electron chi connectivity index (χ3n) is 4.14. The Balaban J connectivity index is 2.10. The topological polar surface area (TPSA) is 92.5 Å². The minimum absolute atomic E-state index is 0.0671. The number of hydrogen-bond donors (Lipinski definition) is 2. The van der Waals surface area contributed by atoms with Gasteiger partial charge in [-0.25, -0.2) is 0 Å². The summed E-state index contributed by atoms with van der Waals surface area (Å²) >= 11 is 1.67. The first-order chi connectivity index (χ1) is 11.9. The number of carbonyl (C=O) groups is 3. The molecule has 0 aromatic heterocycles. The molecule has 0 aliphatic heterocycles. The van der Waals surface area contributed by atoms with Crippen molar-refractivity contribution in [2.24, 2.45) is 5.73 Å². The summed E-state index contributed by atoms with van der Waals surface area (Å²) in [7, 11) is 0. The van der Waals surface area contributed by atoms with Crippen molar-refractivity contribution in [2.75, 3.05) is 6.26 Å². The van der Waals surface area contributed by atoms with Crippen molar-refractivity contribution in [3.8, 4) is 0 Å². The summed E-state index contributed by atoms with van der Waals surface area (Å²) in [6, 6.07) is 7.60. The number of amides is 3. The van der Waals surface area contributed by atoms with E-state index in [0.29, 0.717) is 6.54 Å². The molecule has 1 aliphatic rings. The van der Waals surface area contributed by atoms with Crippen LogP contribution in [-0.4, -0.2) is 41.0 Å². The summed E-state index contributed by atoms with van der Waals surface area (Å²) in [4.78, 5) is 38.4. The molecular weight excluding hydrogens is 338 g/mol. The van der Waals surface area contributed by atoms with Gasteiger partial charge in [0, 0.05) is 30.8 Å². The maximum absolute atomic E-state index is 13.0. The van der Waals surface area contributed by atoms with Crippen LogP contribution >= 0.6 is 11.8 Å². The number of rotatable bonds is 9. The molecule has 0 spiro atoms. The van der Waals surface area contributed by atoms with Crippen molar-refractivity contribution < 1.29 is 14.4 Å². The molecule has 3 amide bonds. The van der Waals surface area contributed by atoms with Crippen LogP contribution in [0.4, 0.5) is 0 Å². The number of benzene rings is 1. The van der Waals surface area contributed by atoms with Crippen LogP contribution in [0.25, 0.3) is 0 Å². The molecule has 0 unspecified atom stereocenters. The van der Waals surface area contributed by atoms with Gasteiger partial charge in [-0.2, -0.15) is 0 Å². The summed E-state index contributed by atoms with van der Waals surface area (Å²) in [5.41, 5.74) is 6.24. The lowest BCUT2D eigenvalue weighted by Gasteiger charge is -2.28. The Morgan fingerprint density at radius 3 is 2.40 bits per heavy atom. The van der Waals surface area contributed by atoms with Crippen LogP contribution < -0.4 is 11.1 Å². The van der Waals surface area contributed by atoms with Gasteiger partial charge in [0.25, 0.3) is 0 Å². The van der Waals surface area contributed by atoms with Crippen LogP contribution in [0.1, 0.15) is 38.2 Å². The predicted molar refractivity (Wildman–Crippen MR) is 97.8 cm³/mol. The number of thioether (sulfide) groups is 1. The largest absolute Gasteiger partial charge is 0.370 e. The van der Waals surface area contributed by atoms with E-state index in [9.17, 15) is 14.4 Å². The summed E-state index contributed by atoms with van der Waals surface area (Å²) in [6.07, 6.45) is 4.25. The zero-order valence-corrected chi connectivity index (χ0v) is 15.5. The number of nitrogens with one attached hydrogen (secondary N) is 1. The van der Waals surface area contributed by atoms with E-state index in [1.54, 1.807) is 11.8 Å². The van der Waals surface area contributed by atoms with Gasteiger partial charge in [-0.05, 0) is 43.2 Å². The quantitative estimate of drug-likeness (QED) is 0.653. The molecule has 0 radical (unpaired) electrons. The van der Waals surface area contributed by atoms with Crippen molar-refractivity contribution >= 4 is 29.5 Å². The number of primary amides is 1. The smallest absolute Gasteiger partial charge is 0.245 e. The molecule has 0 saturated heterocycles. The fourth-order valence-corrected chi connectivity index (χ4v) is 3.10. The zero-order valence-electron chi connectivity index (χ0n) is 14.7. The Kier molecular flexibility index (Phi) is 6.87. The van der Waals surface area contributed by atoms with Crippen LogP contribution in [0.5, 0.6) is 0 Å². The summed E-state index contributed by atoms with van der Waals surface area (Å²) in [5.74, 6) is -0.912. The highest BCUT2D eigenvalue weighted by Crippen LogP contribution is 2.29. The van der Waals surface area contributed by atoms with Crippen LogP contribution in [0.3, 0.4) is 0 Å². The zero-order chi connectivity index (χ0) is 18.4. The minimum atomic E-state index is -0.712.